The molecule has 0 aromatic rings. The molecule has 10 heavy (non-hydrogen) atoms. The lowest BCUT2D eigenvalue weighted by Crippen LogP contribution is -2.72. The van der Waals surface area contributed by atoms with Crippen LogP contribution >= 0.6 is 0 Å². The van der Waals surface area contributed by atoms with Gasteiger partial charge in [0.15, 0.2) is 0 Å². The minimum atomic E-state index is -0.211. The quantitative estimate of drug-likeness (QED) is 0.372. The summed E-state index contributed by atoms with van der Waals surface area (Å²) in [4.78, 5) is 0. The first-order valence-corrected chi connectivity index (χ1v) is 3.57. The molecule has 60 valence electrons. The van der Waals surface area contributed by atoms with E-state index in [1.807, 2.05) is 6.92 Å². The summed E-state index contributed by atoms with van der Waals surface area (Å²) in [5, 5.41) is 3.14. The fourth-order valence-electron chi connectivity index (χ4n) is 1.28. The van der Waals surface area contributed by atoms with Crippen LogP contribution in [-0.4, -0.2) is 24.3 Å². The number of hydrogen-bond donors (Lipinski definition) is 4. The molecular weight excluding hydrogens is 128 g/mol. The smallest absolute Gasteiger partial charge is 0.0651 e. The molecule has 0 aromatic carbocycles. The Morgan fingerprint density at radius 1 is 1.80 bits per heavy atom. The van der Waals surface area contributed by atoms with E-state index in [1.165, 1.54) is 0 Å². The van der Waals surface area contributed by atoms with E-state index in [0.29, 0.717) is 12.6 Å². The molecule has 7 N–H and O–H groups in total. The summed E-state index contributed by atoms with van der Waals surface area (Å²) in [5.74, 6) is 0. The van der Waals surface area contributed by atoms with E-state index >= 15 is 0 Å². The van der Waals surface area contributed by atoms with Gasteiger partial charge in [-0.25, -0.2) is 0 Å². The SMILES string of the molecule is CC1(N)CC([C@H](N)CN)N1. The normalized spacial score (nSPS) is 42.6. The van der Waals surface area contributed by atoms with E-state index in [9.17, 15) is 0 Å². The Kier molecular flexibility index (Phi) is 1.96. The second-order valence-corrected chi connectivity index (χ2v) is 3.27. The van der Waals surface area contributed by atoms with Crippen LogP contribution in [0.25, 0.3) is 0 Å². The first kappa shape index (κ1) is 7.94. The van der Waals surface area contributed by atoms with Crippen LogP contribution in [0.5, 0.6) is 0 Å². The maximum absolute atomic E-state index is 5.70. The largest absolute Gasteiger partial charge is 0.329 e. The molecule has 1 aliphatic rings. The molecule has 1 heterocycles. The molecule has 4 heteroatoms. The van der Waals surface area contributed by atoms with Crippen molar-refractivity contribution in [1.29, 1.82) is 0 Å². The lowest BCUT2D eigenvalue weighted by atomic mass is 9.87. The molecule has 2 unspecified atom stereocenters. The molecule has 0 radical (unpaired) electrons. The lowest BCUT2D eigenvalue weighted by Gasteiger charge is -2.46. The molecule has 1 aliphatic heterocycles. The van der Waals surface area contributed by atoms with E-state index in [-0.39, 0.29) is 11.7 Å². The molecule has 1 fully saturated rings. The monoisotopic (exact) mass is 144 g/mol. The molecule has 0 spiro atoms. The van der Waals surface area contributed by atoms with E-state index in [4.69, 9.17) is 17.2 Å². The van der Waals surface area contributed by atoms with Gasteiger partial charge in [0.2, 0.25) is 0 Å². The van der Waals surface area contributed by atoms with E-state index < -0.39 is 0 Å². The van der Waals surface area contributed by atoms with Crippen LogP contribution in [0.1, 0.15) is 13.3 Å². The highest BCUT2D eigenvalue weighted by atomic mass is 15.2. The van der Waals surface area contributed by atoms with E-state index in [0.717, 1.165) is 6.42 Å². The van der Waals surface area contributed by atoms with Crippen molar-refractivity contribution in [2.45, 2.75) is 31.1 Å². The van der Waals surface area contributed by atoms with Gasteiger partial charge in [-0.1, -0.05) is 0 Å². The molecule has 0 aromatic heterocycles. The van der Waals surface area contributed by atoms with Crippen LogP contribution in [-0.2, 0) is 0 Å². The third-order valence-electron chi connectivity index (χ3n) is 1.95. The van der Waals surface area contributed by atoms with E-state index in [1.54, 1.807) is 0 Å². The molecule has 4 nitrogen and oxygen atoms in total. The van der Waals surface area contributed by atoms with Crippen LogP contribution in [0.2, 0.25) is 0 Å². The highest BCUT2D eigenvalue weighted by molar-refractivity contribution is 5.00. The van der Waals surface area contributed by atoms with Crippen molar-refractivity contribution in [3.05, 3.63) is 0 Å². The summed E-state index contributed by atoms with van der Waals surface area (Å²) in [5.41, 5.74) is 16.5. The Balaban J connectivity index is 2.26. The Morgan fingerprint density at radius 2 is 2.30 bits per heavy atom. The topological polar surface area (TPSA) is 90.1 Å². The van der Waals surface area contributed by atoms with Gasteiger partial charge in [-0.3, -0.25) is 5.32 Å². The second-order valence-electron chi connectivity index (χ2n) is 3.27. The van der Waals surface area contributed by atoms with Gasteiger partial charge in [0.05, 0.1) is 5.66 Å². The van der Waals surface area contributed by atoms with Gasteiger partial charge in [0.25, 0.3) is 0 Å². The van der Waals surface area contributed by atoms with Gasteiger partial charge in [0, 0.05) is 18.6 Å². The van der Waals surface area contributed by atoms with Crippen molar-refractivity contribution in [1.82, 2.24) is 5.32 Å². The molecule has 1 saturated heterocycles. The summed E-state index contributed by atoms with van der Waals surface area (Å²) in [6.45, 7) is 2.47. The van der Waals surface area contributed by atoms with Crippen molar-refractivity contribution in [3.63, 3.8) is 0 Å². The Bertz CT molecular complexity index is 115. The fourth-order valence-corrected chi connectivity index (χ4v) is 1.28. The predicted octanol–water partition coefficient (Wildman–Crippen LogP) is -1.69. The summed E-state index contributed by atoms with van der Waals surface area (Å²) < 4.78 is 0. The third-order valence-corrected chi connectivity index (χ3v) is 1.95. The molecule has 0 amide bonds. The molecule has 0 bridgehead atoms. The van der Waals surface area contributed by atoms with Gasteiger partial charge in [-0.05, 0) is 13.3 Å². The third kappa shape index (κ3) is 1.46. The predicted molar refractivity (Wildman–Crippen MR) is 41.2 cm³/mol. The van der Waals surface area contributed by atoms with E-state index in [2.05, 4.69) is 5.32 Å². The summed E-state index contributed by atoms with van der Waals surface area (Å²) in [6.07, 6.45) is 0.922. The van der Waals surface area contributed by atoms with Crippen LogP contribution in [0.3, 0.4) is 0 Å². The highest BCUT2D eigenvalue weighted by Crippen LogP contribution is 2.19. The minimum Gasteiger partial charge on any atom is -0.329 e. The van der Waals surface area contributed by atoms with Crippen molar-refractivity contribution in [3.8, 4) is 0 Å². The summed E-state index contributed by atoms with van der Waals surface area (Å²) in [6, 6.07) is 0.372. The van der Waals surface area contributed by atoms with Gasteiger partial charge in [-0.2, -0.15) is 0 Å². The van der Waals surface area contributed by atoms with Crippen LogP contribution in [0, 0.1) is 0 Å². The zero-order valence-corrected chi connectivity index (χ0v) is 6.30. The minimum absolute atomic E-state index is 0.0524. The summed E-state index contributed by atoms with van der Waals surface area (Å²) in [7, 11) is 0. The van der Waals surface area contributed by atoms with Crippen LogP contribution in [0.4, 0.5) is 0 Å². The number of nitrogens with one attached hydrogen (secondary N) is 1. The van der Waals surface area contributed by atoms with Crippen molar-refractivity contribution >= 4 is 0 Å². The average molecular weight is 144 g/mol. The van der Waals surface area contributed by atoms with Gasteiger partial charge in [-0.15, -0.1) is 0 Å². The van der Waals surface area contributed by atoms with Crippen molar-refractivity contribution < 1.29 is 0 Å². The van der Waals surface area contributed by atoms with Gasteiger partial charge in [0.1, 0.15) is 0 Å². The second kappa shape index (κ2) is 2.47. The first-order chi connectivity index (χ1) is 4.55. The molecule has 3 atom stereocenters. The summed E-state index contributed by atoms with van der Waals surface area (Å²) >= 11 is 0. The average Bonchev–Trinajstić information content (AvgIpc) is 1.81. The fraction of sp³-hybridized carbons (Fsp3) is 1.00. The number of hydrogen-bond acceptors (Lipinski definition) is 4. The lowest BCUT2D eigenvalue weighted by molar-refractivity contribution is 0.141. The Labute approximate surface area is 61.1 Å². The standard InChI is InChI=1S/C6H16N4/c1-6(9)2-5(10-6)4(8)3-7/h4-5,10H,2-3,7-9H2,1H3/t4-,5?,6?/m1/s1. The molecule has 0 aliphatic carbocycles. The maximum Gasteiger partial charge on any atom is 0.0651 e. The number of rotatable bonds is 2. The van der Waals surface area contributed by atoms with Crippen molar-refractivity contribution in [2.75, 3.05) is 6.54 Å². The molecule has 1 rings (SSSR count). The van der Waals surface area contributed by atoms with Gasteiger partial charge >= 0.3 is 0 Å². The molecular formula is C6H16N4. The van der Waals surface area contributed by atoms with Crippen molar-refractivity contribution in [2.24, 2.45) is 17.2 Å². The number of nitrogens with two attached hydrogens (primary N) is 3. The Hall–Kier alpha value is -0.160. The molecule has 0 saturated carbocycles. The Morgan fingerprint density at radius 3 is 2.60 bits per heavy atom. The highest BCUT2D eigenvalue weighted by Gasteiger charge is 2.38. The van der Waals surface area contributed by atoms with Crippen LogP contribution in [0.15, 0.2) is 0 Å². The van der Waals surface area contributed by atoms with Crippen LogP contribution < -0.4 is 22.5 Å². The first-order valence-electron chi connectivity index (χ1n) is 3.57. The maximum atomic E-state index is 5.70. The zero-order valence-electron chi connectivity index (χ0n) is 6.30. The zero-order chi connectivity index (χ0) is 7.78. The van der Waals surface area contributed by atoms with Gasteiger partial charge < -0.3 is 17.2 Å².